The molecule has 3 aromatic carbocycles. The van der Waals surface area contributed by atoms with E-state index in [-0.39, 0.29) is 11.9 Å². The number of hydrogen-bond acceptors (Lipinski definition) is 5. The maximum Gasteiger partial charge on any atom is 0.244 e. The number of para-hydroxylation sites is 3. The van der Waals surface area contributed by atoms with Crippen LogP contribution in [0.2, 0.25) is 0 Å². The van der Waals surface area contributed by atoms with Gasteiger partial charge in [0.15, 0.2) is 5.65 Å². The Bertz CT molecular complexity index is 1410. The van der Waals surface area contributed by atoms with Gasteiger partial charge in [0, 0.05) is 22.8 Å². The lowest BCUT2D eigenvalue weighted by Crippen LogP contribution is -2.32. The molecule has 5 rings (SSSR count). The van der Waals surface area contributed by atoms with Crippen molar-refractivity contribution in [2.45, 2.75) is 37.2 Å². The zero-order valence-corrected chi connectivity index (χ0v) is 20.1. The van der Waals surface area contributed by atoms with Crippen molar-refractivity contribution in [2.75, 3.05) is 4.90 Å². The molecule has 1 unspecified atom stereocenters. The SMILES string of the molecule is CC(Sc1nnc2c3ccccc3n(C(C)C)c2n1)C(=O)N(c1ccccc1)c1ccccc1. The Hall–Kier alpha value is -3.71. The Morgan fingerprint density at radius 1 is 0.824 bits per heavy atom. The van der Waals surface area contributed by atoms with Gasteiger partial charge in [-0.1, -0.05) is 66.4 Å². The van der Waals surface area contributed by atoms with Crippen molar-refractivity contribution < 1.29 is 4.79 Å². The van der Waals surface area contributed by atoms with Crippen LogP contribution in [-0.2, 0) is 4.79 Å². The highest BCUT2D eigenvalue weighted by molar-refractivity contribution is 8.00. The first-order chi connectivity index (χ1) is 16.5. The fourth-order valence-electron chi connectivity index (χ4n) is 4.16. The molecular weight excluding hydrogens is 442 g/mol. The predicted octanol–water partition coefficient (Wildman–Crippen LogP) is 6.41. The lowest BCUT2D eigenvalue weighted by atomic mass is 10.2. The number of nitrogens with zero attached hydrogens (tertiary/aromatic N) is 5. The highest BCUT2D eigenvalue weighted by Gasteiger charge is 2.26. The van der Waals surface area contributed by atoms with Gasteiger partial charge in [0.1, 0.15) is 5.52 Å². The molecule has 1 atom stereocenters. The van der Waals surface area contributed by atoms with Gasteiger partial charge in [-0.3, -0.25) is 9.69 Å². The number of thioether (sulfide) groups is 1. The summed E-state index contributed by atoms with van der Waals surface area (Å²) in [5, 5.41) is 9.98. The van der Waals surface area contributed by atoms with Gasteiger partial charge < -0.3 is 4.57 Å². The molecule has 2 heterocycles. The van der Waals surface area contributed by atoms with E-state index in [9.17, 15) is 4.79 Å². The number of rotatable bonds is 6. The second-order valence-corrected chi connectivity index (χ2v) is 9.66. The molecule has 0 saturated carbocycles. The molecule has 170 valence electrons. The summed E-state index contributed by atoms with van der Waals surface area (Å²) in [5.74, 6) is -0.0458. The van der Waals surface area contributed by atoms with Crippen LogP contribution in [0, 0.1) is 0 Å². The molecule has 0 aliphatic heterocycles. The molecule has 0 radical (unpaired) electrons. The van der Waals surface area contributed by atoms with Gasteiger partial charge in [0.25, 0.3) is 0 Å². The minimum atomic E-state index is -0.420. The van der Waals surface area contributed by atoms with Crippen molar-refractivity contribution in [1.29, 1.82) is 0 Å². The second kappa shape index (κ2) is 9.27. The minimum absolute atomic E-state index is 0.0458. The third-order valence-electron chi connectivity index (χ3n) is 5.69. The van der Waals surface area contributed by atoms with Gasteiger partial charge in [-0.15, -0.1) is 10.2 Å². The molecule has 0 bridgehead atoms. The van der Waals surface area contributed by atoms with E-state index in [0.717, 1.165) is 33.4 Å². The Morgan fingerprint density at radius 2 is 1.41 bits per heavy atom. The molecule has 5 aromatic rings. The Kier molecular flexibility index (Phi) is 6.02. The van der Waals surface area contributed by atoms with Crippen molar-refractivity contribution in [3.63, 3.8) is 0 Å². The quantitative estimate of drug-likeness (QED) is 0.270. The summed E-state index contributed by atoms with van der Waals surface area (Å²) in [6.45, 7) is 6.15. The van der Waals surface area contributed by atoms with E-state index in [1.54, 1.807) is 4.90 Å². The number of carbonyl (C=O) groups is 1. The maximum absolute atomic E-state index is 13.7. The molecule has 0 spiro atoms. The van der Waals surface area contributed by atoms with Crippen LogP contribution in [-0.4, -0.2) is 30.9 Å². The summed E-state index contributed by atoms with van der Waals surface area (Å²) in [7, 11) is 0. The lowest BCUT2D eigenvalue weighted by molar-refractivity contribution is -0.117. The molecule has 0 aliphatic carbocycles. The average molecular weight is 468 g/mol. The molecular formula is C27H25N5OS. The highest BCUT2D eigenvalue weighted by Crippen LogP contribution is 2.32. The van der Waals surface area contributed by atoms with Crippen molar-refractivity contribution in [3.8, 4) is 0 Å². The zero-order valence-electron chi connectivity index (χ0n) is 19.3. The Labute approximate surface area is 202 Å². The summed E-state index contributed by atoms with van der Waals surface area (Å²) in [5.41, 5.74) is 4.29. The number of fused-ring (bicyclic) bond motifs is 3. The molecule has 1 amide bonds. The third-order valence-corrected chi connectivity index (χ3v) is 6.63. The van der Waals surface area contributed by atoms with Crippen molar-refractivity contribution in [3.05, 3.63) is 84.9 Å². The number of benzene rings is 3. The number of hydrogen-bond donors (Lipinski definition) is 0. The van der Waals surface area contributed by atoms with Gasteiger partial charge in [-0.05, 0) is 51.1 Å². The van der Waals surface area contributed by atoms with Gasteiger partial charge in [-0.25, -0.2) is 4.98 Å². The topological polar surface area (TPSA) is 63.9 Å². The Morgan fingerprint density at radius 3 is 2.03 bits per heavy atom. The Balaban J connectivity index is 1.50. The van der Waals surface area contributed by atoms with Crippen molar-refractivity contribution >= 4 is 51.1 Å². The van der Waals surface area contributed by atoms with E-state index in [2.05, 4.69) is 34.7 Å². The van der Waals surface area contributed by atoms with Crippen molar-refractivity contribution in [2.24, 2.45) is 0 Å². The van der Waals surface area contributed by atoms with Gasteiger partial charge in [-0.2, -0.15) is 0 Å². The molecule has 0 fully saturated rings. The first-order valence-corrected chi connectivity index (χ1v) is 12.2. The van der Waals surface area contributed by atoms with Crippen LogP contribution >= 0.6 is 11.8 Å². The van der Waals surface area contributed by atoms with E-state index in [1.165, 1.54) is 11.8 Å². The number of carbonyl (C=O) groups excluding carboxylic acids is 1. The normalized spacial score (nSPS) is 12.4. The second-order valence-electron chi connectivity index (χ2n) is 8.35. The molecule has 0 saturated heterocycles. The first kappa shape index (κ1) is 22.1. The van der Waals surface area contributed by atoms with Gasteiger partial charge in [0.05, 0.1) is 10.8 Å². The van der Waals surface area contributed by atoms with E-state index < -0.39 is 5.25 Å². The number of anilines is 2. The number of aromatic nitrogens is 4. The average Bonchev–Trinajstić information content (AvgIpc) is 3.19. The fourth-order valence-corrected chi connectivity index (χ4v) is 4.91. The molecule has 34 heavy (non-hydrogen) atoms. The van der Waals surface area contributed by atoms with E-state index in [1.807, 2.05) is 85.8 Å². The summed E-state index contributed by atoms with van der Waals surface area (Å²) >= 11 is 1.33. The minimum Gasteiger partial charge on any atom is -0.321 e. The van der Waals surface area contributed by atoms with Crippen molar-refractivity contribution in [1.82, 2.24) is 19.7 Å². The van der Waals surface area contributed by atoms with Gasteiger partial charge >= 0.3 is 0 Å². The lowest BCUT2D eigenvalue weighted by Gasteiger charge is -2.25. The first-order valence-electron chi connectivity index (χ1n) is 11.3. The van der Waals surface area contributed by atoms with Gasteiger partial charge in [0.2, 0.25) is 11.1 Å². The standard InChI is InChI=1S/C27H25N5OS/c1-18(2)31-23-17-11-10-16-22(23)24-25(31)28-27(30-29-24)34-19(3)26(33)32(20-12-6-4-7-13-20)21-14-8-5-9-15-21/h4-19H,1-3H3. The van der Waals surface area contributed by atoms with Crippen LogP contribution in [0.3, 0.4) is 0 Å². The summed E-state index contributed by atoms with van der Waals surface area (Å²) in [4.78, 5) is 20.2. The van der Waals surface area contributed by atoms with Crippen LogP contribution in [0.25, 0.3) is 22.1 Å². The summed E-state index contributed by atoms with van der Waals surface area (Å²) in [6.07, 6.45) is 0. The smallest absolute Gasteiger partial charge is 0.244 e. The van der Waals surface area contributed by atoms with Crippen LogP contribution in [0.5, 0.6) is 0 Å². The summed E-state index contributed by atoms with van der Waals surface area (Å²) < 4.78 is 2.18. The maximum atomic E-state index is 13.7. The molecule has 0 N–H and O–H groups in total. The third kappa shape index (κ3) is 4.03. The van der Waals surface area contributed by atoms with Crippen LogP contribution in [0.1, 0.15) is 26.8 Å². The molecule has 7 heteroatoms. The highest BCUT2D eigenvalue weighted by atomic mass is 32.2. The molecule has 0 aliphatic rings. The van der Waals surface area contributed by atoms with E-state index in [4.69, 9.17) is 4.98 Å². The predicted molar refractivity (Wildman–Crippen MR) is 139 cm³/mol. The molecule has 2 aromatic heterocycles. The van der Waals surface area contributed by atoms with Crippen LogP contribution in [0.4, 0.5) is 11.4 Å². The van der Waals surface area contributed by atoms with E-state index in [0.29, 0.717) is 5.16 Å². The zero-order chi connectivity index (χ0) is 23.7. The monoisotopic (exact) mass is 467 g/mol. The van der Waals surface area contributed by atoms with Crippen LogP contribution in [0.15, 0.2) is 90.1 Å². The fraction of sp³-hybridized carbons (Fsp3) is 0.185. The van der Waals surface area contributed by atoms with E-state index >= 15 is 0 Å². The van der Waals surface area contributed by atoms with Crippen LogP contribution < -0.4 is 4.90 Å². The largest absolute Gasteiger partial charge is 0.321 e. The number of amides is 1. The summed E-state index contributed by atoms with van der Waals surface area (Å²) in [6, 6.07) is 27.7. The molecule has 6 nitrogen and oxygen atoms in total.